The Balaban J connectivity index is 1.53. The molecule has 0 unspecified atom stereocenters. The molecule has 8 heteroatoms. The number of aryl methyl sites for hydroxylation is 1. The number of halogens is 2. The summed E-state index contributed by atoms with van der Waals surface area (Å²) in [4.78, 5) is 18.5. The van der Waals surface area contributed by atoms with Gasteiger partial charge in [-0.2, -0.15) is 9.78 Å². The maximum absolute atomic E-state index is 13.6. The summed E-state index contributed by atoms with van der Waals surface area (Å²) in [6, 6.07) is 17.6. The first-order valence-corrected chi connectivity index (χ1v) is 14.9. The predicted octanol–water partition coefficient (Wildman–Crippen LogP) is 8.14. The van der Waals surface area contributed by atoms with Crippen LogP contribution in [0.5, 0.6) is 11.5 Å². The van der Waals surface area contributed by atoms with Crippen LogP contribution >= 0.6 is 31.9 Å². The molecule has 0 aliphatic heterocycles. The van der Waals surface area contributed by atoms with Gasteiger partial charge in [0.2, 0.25) is 0 Å². The van der Waals surface area contributed by atoms with Crippen LogP contribution in [-0.2, 0) is 6.61 Å². The predicted molar refractivity (Wildman–Crippen MR) is 163 cm³/mol. The highest BCUT2D eigenvalue weighted by Crippen LogP contribution is 2.43. The lowest BCUT2D eigenvalue weighted by Gasteiger charge is -2.22. The molecule has 5 rings (SSSR count). The molecule has 0 N–H and O–H groups in total. The van der Waals surface area contributed by atoms with Crippen LogP contribution in [0.15, 0.2) is 73.4 Å². The number of aromatic nitrogens is 2. The van der Waals surface area contributed by atoms with Gasteiger partial charge in [-0.25, -0.2) is 4.98 Å². The fourth-order valence-corrected chi connectivity index (χ4v) is 5.99. The van der Waals surface area contributed by atoms with Crippen LogP contribution in [0.3, 0.4) is 0 Å². The maximum atomic E-state index is 13.6. The van der Waals surface area contributed by atoms with Crippen LogP contribution in [-0.4, -0.2) is 22.5 Å². The zero-order chi connectivity index (χ0) is 27.4. The molecule has 1 saturated carbocycles. The summed E-state index contributed by atoms with van der Waals surface area (Å²) in [5, 5.41) is 5.27. The Bertz CT molecular complexity index is 1580. The molecule has 0 atom stereocenters. The standard InChI is InChI=1S/C31H31Br2N3O3/c1-3-38-26-17-23(27(32)28(33)29(26)39-19-21-11-9-10-20(2)16-21)18-34-36-30(22-12-5-4-6-13-22)35-25-15-8-7-14-24(25)31(36)37/h7-11,14-18,22H,3-6,12-13,19H2,1-2H3. The summed E-state index contributed by atoms with van der Waals surface area (Å²) in [5.41, 5.74) is 3.56. The van der Waals surface area contributed by atoms with Crippen LogP contribution in [0, 0.1) is 6.92 Å². The second-order valence-corrected chi connectivity index (χ2v) is 11.4. The molecule has 0 bridgehead atoms. The largest absolute Gasteiger partial charge is 0.490 e. The highest BCUT2D eigenvalue weighted by molar-refractivity contribution is 9.13. The van der Waals surface area contributed by atoms with Gasteiger partial charge in [-0.1, -0.05) is 61.2 Å². The minimum absolute atomic E-state index is 0.157. The second-order valence-electron chi connectivity index (χ2n) is 9.82. The van der Waals surface area contributed by atoms with E-state index in [2.05, 4.69) is 50.9 Å². The van der Waals surface area contributed by atoms with Gasteiger partial charge in [0, 0.05) is 16.0 Å². The normalized spacial score (nSPS) is 14.3. The number of hydrogen-bond acceptors (Lipinski definition) is 5. The second kappa shape index (κ2) is 12.5. The van der Waals surface area contributed by atoms with Crippen molar-refractivity contribution in [3.63, 3.8) is 0 Å². The van der Waals surface area contributed by atoms with Crippen molar-refractivity contribution in [2.45, 2.75) is 58.5 Å². The van der Waals surface area contributed by atoms with Crippen molar-refractivity contribution >= 4 is 49.0 Å². The van der Waals surface area contributed by atoms with Gasteiger partial charge < -0.3 is 9.47 Å². The molecule has 202 valence electrons. The van der Waals surface area contributed by atoms with Gasteiger partial charge in [-0.3, -0.25) is 4.79 Å². The van der Waals surface area contributed by atoms with Crippen LogP contribution < -0.4 is 15.0 Å². The maximum Gasteiger partial charge on any atom is 0.282 e. The fourth-order valence-electron chi connectivity index (χ4n) is 5.05. The van der Waals surface area contributed by atoms with E-state index in [1.54, 1.807) is 12.3 Å². The number of para-hydroxylation sites is 1. The number of nitrogens with zero attached hydrogens (tertiary/aromatic N) is 3. The summed E-state index contributed by atoms with van der Waals surface area (Å²) < 4.78 is 15.1. The summed E-state index contributed by atoms with van der Waals surface area (Å²) in [6.07, 6.45) is 7.20. The molecular formula is C31H31Br2N3O3. The van der Waals surface area contributed by atoms with Crippen LogP contribution in [0.2, 0.25) is 0 Å². The smallest absolute Gasteiger partial charge is 0.282 e. The van der Waals surface area contributed by atoms with E-state index in [4.69, 9.17) is 19.6 Å². The van der Waals surface area contributed by atoms with Crippen LogP contribution in [0.25, 0.3) is 10.9 Å². The quantitative estimate of drug-likeness (QED) is 0.180. The number of benzene rings is 3. The summed E-state index contributed by atoms with van der Waals surface area (Å²) in [5.74, 6) is 2.14. The van der Waals surface area contributed by atoms with Gasteiger partial charge in [-0.15, -0.1) is 0 Å². The van der Waals surface area contributed by atoms with Crippen LogP contribution in [0.4, 0.5) is 0 Å². The fraction of sp³-hybridized carbons (Fsp3) is 0.323. The molecule has 1 aliphatic carbocycles. The van der Waals surface area contributed by atoms with Crippen molar-refractivity contribution in [2.24, 2.45) is 5.10 Å². The SMILES string of the molecule is CCOc1cc(C=Nn2c(C3CCCCC3)nc3ccccc3c2=O)c(Br)c(Br)c1OCc1cccc(C)c1. The van der Waals surface area contributed by atoms with Crippen LogP contribution in [0.1, 0.15) is 67.5 Å². The van der Waals surface area contributed by atoms with E-state index in [9.17, 15) is 4.79 Å². The lowest BCUT2D eigenvalue weighted by atomic mass is 9.88. The third kappa shape index (κ3) is 6.12. The summed E-state index contributed by atoms with van der Waals surface area (Å²) in [7, 11) is 0. The van der Waals surface area contributed by atoms with Crippen molar-refractivity contribution in [3.05, 3.63) is 96.4 Å². The molecule has 0 spiro atoms. The van der Waals surface area contributed by atoms with Crippen molar-refractivity contribution in [1.82, 2.24) is 9.66 Å². The van der Waals surface area contributed by atoms with Gasteiger partial charge in [0.1, 0.15) is 12.4 Å². The van der Waals surface area contributed by atoms with Crippen molar-refractivity contribution in [1.29, 1.82) is 0 Å². The van der Waals surface area contributed by atoms with E-state index < -0.39 is 0 Å². The molecule has 4 aromatic rings. The molecule has 1 aromatic heterocycles. The first kappa shape index (κ1) is 27.6. The Hall–Kier alpha value is -2.97. The zero-order valence-electron chi connectivity index (χ0n) is 22.1. The van der Waals surface area contributed by atoms with Gasteiger partial charge in [0.15, 0.2) is 11.5 Å². The van der Waals surface area contributed by atoms with E-state index in [1.807, 2.05) is 43.3 Å². The topological polar surface area (TPSA) is 65.7 Å². The number of rotatable bonds is 8. The monoisotopic (exact) mass is 651 g/mol. The van der Waals surface area contributed by atoms with Gasteiger partial charge in [0.05, 0.1) is 28.2 Å². The molecule has 1 heterocycles. The molecule has 0 saturated heterocycles. The van der Waals surface area contributed by atoms with Gasteiger partial charge in [0.25, 0.3) is 5.56 Å². The molecule has 3 aromatic carbocycles. The average molecular weight is 653 g/mol. The third-order valence-electron chi connectivity index (χ3n) is 6.98. The highest BCUT2D eigenvalue weighted by atomic mass is 79.9. The van der Waals surface area contributed by atoms with Crippen molar-refractivity contribution < 1.29 is 9.47 Å². The Kier molecular flexibility index (Phi) is 8.82. The Labute approximate surface area is 245 Å². The Morgan fingerprint density at radius 2 is 1.82 bits per heavy atom. The Morgan fingerprint density at radius 3 is 2.59 bits per heavy atom. The van der Waals surface area contributed by atoms with E-state index in [-0.39, 0.29) is 11.5 Å². The molecule has 0 amide bonds. The van der Waals surface area contributed by atoms with Crippen molar-refractivity contribution in [2.75, 3.05) is 6.61 Å². The summed E-state index contributed by atoms with van der Waals surface area (Å²) in [6.45, 7) is 4.88. The minimum Gasteiger partial charge on any atom is -0.490 e. The van der Waals surface area contributed by atoms with E-state index >= 15 is 0 Å². The molecule has 39 heavy (non-hydrogen) atoms. The zero-order valence-corrected chi connectivity index (χ0v) is 25.3. The average Bonchev–Trinajstić information content (AvgIpc) is 2.95. The molecular weight excluding hydrogens is 622 g/mol. The van der Waals surface area contributed by atoms with E-state index in [1.165, 1.54) is 16.7 Å². The third-order valence-corrected chi connectivity index (χ3v) is 9.13. The lowest BCUT2D eigenvalue weighted by molar-refractivity contribution is 0.267. The van der Waals surface area contributed by atoms with E-state index in [0.717, 1.165) is 51.6 Å². The molecule has 0 radical (unpaired) electrons. The highest BCUT2D eigenvalue weighted by Gasteiger charge is 2.23. The number of hydrogen-bond donors (Lipinski definition) is 0. The molecule has 1 aliphatic rings. The number of ether oxygens (including phenoxy) is 2. The number of fused-ring (bicyclic) bond motifs is 1. The minimum atomic E-state index is -0.157. The Morgan fingerprint density at radius 1 is 1.03 bits per heavy atom. The molecule has 6 nitrogen and oxygen atoms in total. The van der Waals surface area contributed by atoms with Gasteiger partial charge >= 0.3 is 0 Å². The van der Waals surface area contributed by atoms with Gasteiger partial charge in [-0.05, 0) is 82.3 Å². The lowest BCUT2D eigenvalue weighted by Crippen LogP contribution is -2.25. The summed E-state index contributed by atoms with van der Waals surface area (Å²) >= 11 is 7.40. The molecule has 1 fully saturated rings. The first-order chi connectivity index (χ1) is 19.0. The van der Waals surface area contributed by atoms with Crippen molar-refractivity contribution in [3.8, 4) is 11.5 Å². The first-order valence-electron chi connectivity index (χ1n) is 13.4. The van der Waals surface area contributed by atoms with E-state index in [0.29, 0.717) is 35.6 Å².